The van der Waals surface area contributed by atoms with E-state index in [9.17, 15) is 31.2 Å². The van der Waals surface area contributed by atoms with Crippen LogP contribution in [0.3, 0.4) is 0 Å². The number of nitrogens with one attached hydrogen (secondary N) is 1. The maximum Gasteiger partial charge on any atom is 0.416 e. The van der Waals surface area contributed by atoms with E-state index in [1.165, 1.54) is 11.0 Å². The van der Waals surface area contributed by atoms with Crippen molar-refractivity contribution in [2.24, 2.45) is 0 Å². The number of benzene rings is 2. The predicted octanol–water partition coefficient (Wildman–Crippen LogP) is 5.38. The Hall–Kier alpha value is -2.79. The fraction of sp³-hybridized carbons (Fsp3) is 0.481. The number of carbonyl (C=O) groups excluding carboxylic acids is 2. The number of carbonyl (C=O) groups is 2. The number of halogens is 4. The van der Waals surface area contributed by atoms with Crippen molar-refractivity contribution in [3.8, 4) is 0 Å². The van der Waals surface area contributed by atoms with E-state index in [4.69, 9.17) is 11.6 Å². The predicted molar refractivity (Wildman–Crippen MR) is 145 cm³/mol. The Morgan fingerprint density at radius 1 is 1.10 bits per heavy atom. The number of rotatable bonds is 11. The quantitative estimate of drug-likeness (QED) is 0.382. The maximum atomic E-state index is 13.4. The average molecular weight is 588 g/mol. The highest BCUT2D eigenvalue weighted by Gasteiger charge is 2.32. The second-order valence-corrected chi connectivity index (χ2v) is 12.1. The standard InChI is InChI=1S/C27H33ClF3N3O4S/c1-19(26(36)32-22-11-4-5-12-22)33(18-20-9-3-6-14-24(20)28)25(35)15-8-16-34(39(2,37)38)23-13-7-10-21(17-23)27(29,30)31/h3,6-7,9-10,13-14,17,19,22H,4-5,8,11-12,15-16,18H2,1-2H3,(H,32,36)/t19-/m0/s1. The highest BCUT2D eigenvalue weighted by atomic mass is 35.5. The summed E-state index contributed by atoms with van der Waals surface area (Å²) in [4.78, 5) is 27.8. The van der Waals surface area contributed by atoms with Gasteiger partial charge in [-0.25, -0.2) is 8.42 Å². The summed E-state index contributed by atoms with van der Waals surface area (Å²) in [6.07, 6.45) is -0.0113. The van der Waals surface area contributed by atoms with E-state index in [-0.39, 0.29) is 43.6 Å². The summed E-state index contributed by atoms with van der Waals surface area (Å²) in [5.74, 6) is -0.689. The number of anilines is 1. The molecular formula is C27H33ClF3N3O4S. The molecule has 0 spiro atoms. The number of hydrogen-bond donors (Lipinski definition) is 1. The molecule has 3 rings (SSSR count). The molecule has 0 bridgehead atoms. The van der Waals surface area contributed by atoms with Crippen molar-refractivity contribution in [1.29, 1.82) is 0 Å². The molecule has 1 saturated carbocycles. The molecule has 12 heteroatoms. The van der Waals surface area contributed by atoms with Gasteiger partial charge in [0.15, 0.2) is 0 Å². The van der Waals surface area contributed by atoms with Crippen LogP contribution in [0, 0.1) is 0 Å². The zero-order valence-corrected chi connectivity index (χ0v) is 23.5. The lowest BCUT2D eigenvalue weighted by Crippen LogP contribution is -2.49. The molecule has 1 atom stereocenters. The summed E-state index contributed by atoms with van der Waals surface area (Å²) < 4.78 is 65.3. The van der Waals surface area contributed by atoms with Crippen LogP contribution in [0.5, 0.6) is 0 Å². The van der Waals surface area contributed by atoms with Gasteiger partial charge in [-0.15, -0.1) is 0 Å². The third-order valence-electron chi connectivity index (χ3n) is 6.78. The molecule has 7 nitrogen and oxygen atoms in total. The van der Waals surface area contributed by atoms with Gasteiger partial charge in [-0.1, -0.05) is 48.7 Å². The van der Waals surface area contributed by atoms with Crippen molar-refractivity contribution in [3.05, 3.63) is 64.7 Å². The molecule has 1 aliphatic carbocycles. The Morgan fingerprint density at radius 3 is 2.38 bits per heavy atom. The minimum atomic E-state index is -4.64. The number of nitrogens with zero attached hydrogens (tertiary/aromatic N) is 2. The van der Waals surface area contributed by atoms with Crippen LogP contribution < -0.4 is 9.62 Å². The van der Waals surface area contributed by atoms with Gasteiger partial charge in [-0.2, -0.15) is 13.2 Å². The first-order valence-corrected chi connectivity index (χ1v) is 15.0. The molecule has 2 aromatic rings. The molecule has 0 aromatic heterocycles. The minimum absolute atomic E-state index is 0.0259. The molecular weight excluding hydrogens is 555 g/mol. The first-order chi connectivity index (χ1) is 18.3. The van der Waals surface area contributed by atoms with Gasteiger partial charge in [-0.05, 0) is 56.0 Å². The Balaban J connectivity index is 1.75. The molecule has 2 aromatic carbocycles. The fourth-order valence-corrected chi connectivity index (χ4v) is 5.78. The van der Waals surface area contributed by atoms with Gasteiger partial charge >= 0.3 is 6.18 Å². The smallest absolute Gasteiger partial charge is 0.352 e. The van der Waals surface area contributed by atoms with Crippen LogP contribution in [0.4, 0.5) is 18.9 Å². The zero-order chi connectivity index (χ0) is 28.8. The Kier molecular flexibility index (Phi) is 10.3. The van der Waals surface area contributed by atoms with Crippen molar-refractivity contribution in [3.63, 3.8) is 0 Å². The summed E-state index contributed by atoms with van der Waals surface area (Å²) in [5, 5.41) is 3.44. The third kappa shape index (κ3) is 8.60. The lowest BCUT2D eigenvalue weighted by Gasteiger charge is -2.30. The highest BCUT2D eigenvalue weighted by Crippen LogP contribution is 2.32. The molecule has 0 heterocycles. The van der Waals surface area contributed by atoms with Crippen LogP contribution in [-0.4, -0.2) is 50.0 Å². The minimum Gasteiger partial charge on any atom is -0.352 e. The normalized spacial score (nSPS) is 15.1. The Morgan fingerprint density at radius 2 is 1.77 bits per heavy atom. The maximum absolute atomic E-state index is 13.4. The monoisotopic (exact) mass is 587 g/mol. The molecule has 2 amide bonds. The second kappa shape index (κ2) is 13.0. The van der Waals surface area contributed by atoms with Gasteiger partial charge in [0, 0.05) is 30.6 Å². The third-order valence-corrected chi connectivity index (χ3v) is 8.34. The van der Waals surface area contributed by atoms with E-state index >= 15 is 0 Å². The van der Waals surface area contributed by atoms with Crippen molar-refractivity contribution in [2.45, 2.75) is 70.3 Å². The fourth-order valence-electron chi connectivity index (χ4n) is 4.63. The molecule has 0 radical (unpaired) electrons. The molecule has 39 heavy (non-hydrogen) atoms. The van der Waals surface area contributed by atoms with Crippen LogP contribution in [0.25, 0.3) is 0 Å². The van der Waals surface area contributed by atoms with Crippen molar-refractivity contribution in [1.82, 2.24) is 10.2 Å². The van der Waals surface area contributed by atoms with E-state index in [0.29, 0.717) is 10.6 Å². The van der Waals surface area contributed by atoms with Gasteiger partial charge in [0.05, 0.1) is 17.5 Å². The molecule has 1 N–H and O–H groups in total. The summed E-state index contributed by atoms with van der Waals surface area (Å²) in [6.45, 7) is 1.49. The van der Waals surface area contributed by atoms with Crippen LogP contribution in [0.15, 0.2) is 48.5 Å². The van der Waals surface area contributed by atoms with Crippen molar-refractivity contribution in [2.75, 3.05) is 17.1 Å². The molecule has 214 valence electrons. The first kappa shape index (κ1) is 30.7. The summed E-state index contributed by atoms with van der Waals surface area (Å²) in [5.41, 5.74) is -0.468. The molecule has 1 aliphatic rings. The Bertz CT molecular complexity index is 1270. The lowest BCUT2D eigenvalue weighted by molar-refractivity contribution is -0.141. The van der Waals surface area contributed by atoms with Crippen LogP contribution in [-0.2, 0) is 32.3 Å². The summed E-state index contributed by atoms with van der Waals surface area (Å²) in [6, 6.07) is 10.2. The number of amides is 2. The molecule has 0 aliphatic heterocycles. The van der Waals surface area contributed by atoms with Crippen molar-refractivity contribution >= 4 is 39.1 Å². The summed E-state index contributed by atoms with van der Waals surface area (Å²) >= 11 is 6.31. The van der Waals surface area contributed by atoms with E-state index < -0.39 is 33.7 Å². The number of alkyl halides is 3. The molecule has 0 unspecified atom stereocenters. The van der Waals surface area contributed by atoms with E-state index in [1.54, 1.807) is 31.2 Å². The van der Waals surface area contributed by atoms with Gasteiger partial charge in [0.2, 0.25) is 21.8 Å². The van der Waals surface area contributed by atoms with Crippen LogP contribution >= 0.6 is 11.6 Å². The Labute approximate surface area is 232 Å². The second-order valence-electron chi connectivity index (χ2n) is 9.77. The van der Waals surface area contributed by atoms with E-state index in [2.05, 4.69) is 5.32 Å². The van der Waals surface area contributed by atoms with Crippen molar-refractivity contribution < 1.29 is 31.2 Å². The van der Waals surface area contributed by atoms with Gasteiger partial charge in [0.25, 0.3) is 0 Å². The van der Waals surface area contributed by atoms with Crippen LogP contribution in [0.1, 0.15) is 56.6 Å². The average Bonchev–Trinajstić information content (AvgIpc) is 3.37. The molecule has 0 saturated heterocycles. The van der Waals surface area contributed by atoms with Crippen LogP contribution in [0.2, 0.25) is 5.02 Å². The molecule has 1 fully saturated rings. The van der Waals surface area contributed by atoms with E-state index in [0.717, 1.165) is 54.4 Å². The number of hydrogen-bond acceptors (Lipinski definition) is 4. The van der Waals surface area contributed by atoms with Gasteiger partial charge in [0.1, 0.15) is 6.04 Å². The largest absolute Gasteiger partial charge is 0.416 e. The summed E-state index contributed by atoms with van der Waals surface area (Å²) in [7, 11) is -3.94. The SMILES string of the molecule is C[C@@H](C(=O)NC1CCCC1)N(Cc1ccccc1Cl)C(=O)CCCN(c1cccc(C(F)(F)F)c1)S(C)(=O)=O. The lowest BCUT2D eigenvalue weighted by atomic mass is 10.1. The topological polar surface area (TPSA) is 86.8 Å². The van der Waals surface area contributed by atoms with Gasteiger partial charge in [-0.3, -0.25) is 13.9 Å². The van der Waals surface area contributed by atoms with Gasteiger partial charge < -0.3 is 10.2 Å². The first-order valence-electron chi connectivity index (χ1n) is 12.8. The highest BCUT2D eigenvalue weighted by molar-refractivity contribution is 7.92. The number of sulfonamides is 1. The zero-order valence-electron chi connectivity index (χ0n) is 21.9. The van der Waals surface area contributed by atoms with E-state index in [1.807, 2.05) is 0 Å².